The van der Waals surface area contributed by atoms with Crippen LogP contribution in [0.3, 0.4) is 0 Å². The van der Waals surface area contributed by atoms with Crippen molar-refractivity contribution in [2.75, 3.05) is 0 Å². The zero-order valence-electron chi connectivity index (χ0n) is 15.8. The summed E-state index contributed by atoms with van der Waals surface area (Å²) in [5, 5.41) is 31.1. The number of rotatable bonds is 1. The molecule has 0 aromatic heterocycles. The van der Waals surface area contributed by atoms with Crippen LogP contribution in [0, 0.1) is 40.4 Å². The number of carbonyl (C=O) groups excluding carboxylic acids is 1. The second-order valence-electron chi connectivity index (χ2n) is 9.99. The summed E-state index contributed by atoms with van der Waals surface area (Å²) in [6.45, 7) is 6.72. The van der Waals surface area contributed by atoms with Crippen LogP contribution in [0.2, 0.25) is 0 Å². The second-order valence-corrected chi connectivity index (χ2v) is 9.99. The number of carbonyl (C=O) groups is 1. The fourth-order valence-corrected chi connectivity index (χ4v) is 7.97. The smallest absolute Gasteiger partial charge is 0.136 e. The van der Waals surface area contributed by atoms with E-state index in [1.54, 1.807) is 0 Å². The molecule has 0 bridgehead atoms. The molecule has 0 radical (unpaired) electrons. The van der Waals surface area contributed by atoms with Crippen molar-refractivity contribution in [3.05, 3.63) is 0 Å². The van der Waals surface area contributed by atoms with Gasteiger partial charge in [-0.1, -0.05) is 20.8 Å². The highest BCUT2D eigenvalue weighted by Crippen LogP contribution is 2.67. The summed E-state index contributed by atoms with van der Waals surface area (Å²) < 4.78 is 0. The van der Waals surface area contributed by atoms with Gasteiger partial charge in [0.25, 0.3) is 0 Å². The summed E-state index contributed by atoms with van der Waals surface area (Å²) in [6, 6.07) is 0. The molecule has 3 N–H and O–H groups in total. The fraction of sp³-hybridized carbons (Fsp3) is 0.952. The number of hydrogen-bond donors (Lipinski definition) is 3. The molecule has 4 aliphatic carbocycles. The van der Waals surface area contributed by atoms with Gasteiger partial charge >= 0.3 is 0 Å². The lowest BCUT2D eigenvalue weighted by Crippen LogP contribution is -2.61. The van der Waals surface area contributed by atoms with Crippen LogP contribution in [-0.4, -0.2) is 39.4 Å². The van der Waals surface area contributed by atoms with Crippen LogP contribution >= 0.6 is 0 Å². The Hall–Kier alpha value is -0.450. The van der Waals surface area contributed by atoms with Crippen LogP contribution < -0.4 is 0 Å². The van der Waals surface area contributed by atoms with Crippen LogP contribution in [-0.2, 0) is 4.79 Å². The van der Waals surface area contributed by atoms with Gasteiger partial charge in [-0.05, 0) is 73.0 Å². The minimum atomic E-state index is -1.01. The van der Waals surface area contributed by atoms with E-state index in [4.69, 9.17) is 0 Å². The molecule has 4 fully saturated rings. The normalized spacial score (nSPS) is 58.4. The van der Waals surface area contributed by atoms with E-state index in [0.717, 1.165) is 38.5 Å². The molecule has 10 atom stereocenters. The Morgan fingerprint density at radius 1 is 0.960 bits per heavy atom. The summed E-state index contributed by atoms with van der Waals surface area (Å²) in [7, 11) is 0. The van der Waals surface area contributed by atoms with Crippen LogP contribution in [0.15, 0.2) is 0 Å². The molecule has 4 nitrogen and oxygen atoms in total. The van der Waals surface area contributed by atoms with Crippen molar-refractivity contribution in [1.29, 1.82) is 0 Å². The third-order valence-electron chi connectivity index (χ3n) is 9.20. The van der Waals surface area contributed by atoms with Crippen LogP contribution in [0.4, 0.5) is 0 Å². The first-order valence-electron chi connectivity index (χ1n) is 10.3. The number of Topliss-reactive ketones (excluding diaryl/α,β-unsaturated/α-hetero) is 1. The monoisotopic (exact) mass is 350 g/mol. The summed E-state index contributed by atoms with van der Waals surface area (Å²) in [6.07, 6.45) is 3.71. The zero-order chi connectivity index (χ0) is 18.1. The average Bonchev–Trinajstić information content (AvgIpc) is 2.82. The van der Waals surface area contributed by atoms with Crippen molar-refractivity contribution in [3.63, 3.8) is 0 Å². The molecule has 4 heteroatoms. The van der Waals surface area contributed by atoms with Gasteiger partial charge in [-0.25, -0.2) is 0 Å². The Labute approximate surface area is 151 Å². The molecule has 4 rings (SSSR count). The van der Waals surface area contributed by atoms with Gasteiger partial charge in [0, 0.05) is 12.3 Å². The van der Waals surface area contributed by atoms with Crippen molar-refractivity contribution >= 4 is 5.78 Å². The number of aliphatic hydroxyl groups is 3. The van der Waals surface area contributed by atoms with Crippen molar-refractivity contribution in [2.24, 2.45) is 40.4 Å². The van der Waals surface area contributed by atoms with E-state index in [1.165, 1.54) is 0 Å². The zero-order valence-corrected chi connectivity index (χ0v) is 15.8. The van der Waals surface area contributed by atoms with Gasteiger partial charge in [0.15, 0.2) is 0 Å². The molecule has 4 aliphatic rings. The lowest BCUT2D eigenvalue weighted by atomic mass is 9.44. The lowest BCUT2D eigenvalue weighted by molar-refractivity contribution is -0.207. The highest BCUT2D eigenvalue weighted by atomic mass is 16.4. The maximum Gasteiger partial charge on any atom is 0.136 e. The molecule has 25 heavy (non-hydrogen) atoms. The van der Waals surface area contributed by atoms with E-state index < -0.39 is 18.3 Å². The van der Waals surface area contributed by atoms with Gasteiger partial charge < -0.3 is 15.3 Å². The lowest BCUT2D eigenvalue weighted by Gasteiger charge is -2.62. The Bertz CT molecular complexity index is 562. The standard InChI is InChI=1S/C21H34O4/c1-4-12-16(22)9-15-11-5-6-14-18(24)19(25)17(23)10-21(14,3)13(11)7-8-20(12,15)2/h11-15,17-19,23-25H,4-10H2,1-3H3/t11-,12+,13+,14-,15+,17-,18-,19-,20-,21-/m1/s1. The number of hydrogen-bond acceptors (Lipinski definition) is 4. The van der Waals surface area contributed by atoms with Crippen molar-refractivity contribution in [3.8, 4) is 0 Å². The van der Waals surface area contributed by atoms with Crippen LogP contribution in [0.1, 0.15) is 65.7 Å². The van der Waals surface area contributed by atoms with E-state index in [9.17, 15) is 20.1 Å². The van der Waals surface area contributed by atoms with Crippen molar-refractivity contribution in [2.45, 2.75) is 84.0 Å². The first-order valence-corrected chi connectivity index (χ1v) is 10.3. The number of fused-ring (bicyclic) bond motifs is 5. The summed E-state index contributed by atoms with van der Waals surface area (Å²) >= 11 is 0. The molecular weight excluding hydrogens is 316 g/mol. The molecule has 142 valence electrons. The maximum absolute atomic E-state index is 12.6. The molecule has 0 amide bonds. The van der Waals surface area contributed by atoms with E-state index in [2.05, 4.69) is 20.8 Å². The van der Waals surface area contributed by atoms with Crippen molar-refractivity contribution < 1.29 is 20.1 Å². The molecule has 4 saturated carbocycles. The van der Waals surface area contributed by atoms with Gasteiger partial charge in [-0.3, -0.25) is 4.79 Å². The van der Waals surface area contributed by atoms with Gasteiger partial charge in [-0.15, -0.1) is 0 Å². The van der Waals surface area contributed by atoms with E-state index >= 15 is 0 Å². The quantitative estimate of drug-likeness (QED) is 0.679. The number of ketones is 1. The first kappa shape index (κ1) is 17.9. The van der Waals surface area contributed by atoms with E-state index in [1.807, 2.05) is 0 Å². The van der Waals surface area contributed by atoms with Gasteiger partial charge in [0.1, 0.15) is 11.9 Å². The molecule has 0 saturated heterocycles. The van der Waals surface area contributed by atoms with Gasteiger partial charge in [-0.2, -0.15) is 0 Å². The second kappa shape index (κ2) is 5.77. The van der Waals surface area contributed by atoms with Gasteiger partial charge in [0.2, 0.25) is 0 Å². The highest BCUT2D eigenvalue weighted by molar-refractivity contribution is 5.84. The first-order chi connectivity index (χ1) is 11.7. The minimum Gasteiger partial charge on any atom is -0.390 e. The highest BCUT2D eigenvalue weighted by Gasteiger charge is 2.63. The average molecular weight is 350 g/mol. The fourth-order valence-electron chi connectivity index (χ4n) is 7.97. The van der Waals surface area contributed by atoms with E-state index in [0.29, 0.717) is 30.0 Å². The Balaban J connectivity index is 1.66. The Morgan fingerprint density at radius 3 is 2.36 bits per heavy atom. The predicted molar refractivity (Wildman–Crippen MR) is 94.7 cm³/mol. The molecule has 0 aliphatic heterocycles. The Kier molecular flexibility index (Phi) is 4.14. The maximum atomic E-state index is 12.6. The van der Waals surface area contributed by atoms with Crippen molar-refractivity contribution in [1.82, 2.24) is 0 Å². The third-order valence-corrected chi connectivity index (χ3v) is 9.20. The molecule has 0 spiro atoms. The summed E-state index contributed by atoms with van der Waals surface area (Å²) in [4.78, 5) is 12.6. The largest absolute Gasteiger partial charge is 0.390 e. The van der Waals surface area contributed by atoms with Gasteiger partial charge in [0.05, 0.1) is 12.2 Å². The predicted octanol–water partition coefficient (Wildman–Crippen LogP) is 2.54. The topological polar surface area (TPSA) is 77.8 Å². The summed E-state index contributed by atoms with van der Waals surface area (Å²) in [5.41, 5.74) is 0.0112. The molecular formula is C21H34O4. The molecule has 0 aromatic carbocycles. The minimum absolute atomic E-state index is 0.0654. The van der Waals surface area contributed by atoms with Crippen LogP contribution in [0.25, 0.3) is 0 Å². The van der Waals surface area contributed by atoms with E-state index in [-0.39, 0.29) is 22.7 Å². The van der Waals surface area contributed by atoms with Crippen LogP contribution in [0.5, 0.6) is 0 Å². The molecule has 0 aromatic rings. The summed E-state index contributed by atoms with van der Waals surface area (Å²) in [5.74, 6) is 2.17. The molecule has 0 heterocycles. The SMILES string of the molecule is CC[C@H]1C(=O)C[C@H]2[C@@H]3CC[C@@H]4[C@@H](O)[C@H](O)[C@H](O)C[C@]4(C)[C@H]3CC[C@]12C. The molecule has 0 unspecified atom stereocenters. The number of aliphatic hydroxyl groups excluding tert-OH is 3. The Morgan fingerprint density at radius 2 is 1.68 bits per heavy atom. The third kappa shape index (κ3) is 2.26.